The molecule has 3 rings (SSSR count). The van der Waals surface area contributed by atoms with Gasteiger partial charge in [-0.3, -0.25) is 4.79 Å². The monoisotopic (exact) mass is 321 g/mol. The molecule has 0 saturated carbocycles. The van der Waals surface area contributed by atoms with Crippen LogP contribution in [0.3, 0.4) is 0 Å². The molecule has 3 nitrogen and oxygen atoms in total. The molecule has 2 unspecified atom stereocenters. The van der Waals surface area contributed by atoms with Crippen LogP contribution in [0.2, 0.25) is 5.02 Å². The molecule has 0 spiro atoms. The summed E-state index contributed by atoms with van der Waals surface area (Å²) in [6.07, 6.45) is 1.42. The number of nitrogens with one attached hydrogen (secondary N) is 1. The third-order valence-electron chi connectivity index (χ3n) is 3.59. The molecule has 5 heteroatoms. The van der Waals surface area contributed by atoms with Crippen molar-refractivity contribution in [3.05, 3.63) is 57.2 Å². The molecule has 1 saturated heterocycles. The highest BCUT2D eigenvalue weighted by Crippen LogP contribution is 2.26. The average molecular weight is 322 g/mol. The summed E-state index contributed by atoms with van der Waals surface area (Å²) in [6.45, 7) is 0.669. The molecule has 2 aromatic rings. The lowest BCUT2D eigenvalue weighted by molar-refractivity contribution is -0.130. The van der Waals surface area contributed by atoms with Gasteiger partial charge in [-0.25, -0.2) is 0 Å². The highest BCUT2D eigenvalue weighted by molar-refractivity contribution is 7.08. The summed E-state index contributed by atoms with van der Waals surface area (Å²) in [5.41, 5.74) is 2.10. The summed E-state index contributed by atoms with van der Waals surface area (Å²) >= 11 is 7.56. The van der Waals surface area contributed by atoms with Gasteiger partial charge in [0.05, 0.1) is 6.04 Å². The van der Waals surface area contributed by atoms with Crippen LogP contribution in [0.5, 0.6) is 0 Å². The summed E-state index contributed by atoms with van der Waals surface area (Å²) in [5, 5.41) is 7.85. The minimum Gasteiger partial charge on any atom is -0.368 e. The van der Waals surface area contributed by atoms with E-state index in [0.29, 0.717) is 11.6 Å². The van der Waals surface area contributed by atoms with Gasteiger partial charge in [-0.15, -0.1) is 0 Å². The van der Waals surface area contributed by atoms with Gasteiger partial charge >= 0.3 is 0 Å². The predicted octanol–water partition coefficient (Wildman–Crippen LogP) is 3.79. The third kappa shape index (κ3) is 3.46. The van der Waals surface area contributed by atoms with Crippen molar-refractivity contribution in [3.8, 4) is 0 Å². The molecule has 1 N–H and O–H groups in total. The number of rotatable bonds is 4. The van der Waals surface area contributed by atoms with E-state index < -0.39 is 0 Å². The molecule has 1 aromatic heterocycles. The Morgan fingerprint density at radius 2 is 2.10 bits per heavy atom. The maximum Gasteiger partial charge on any atom is 0.249 e. The zero-order valence-corrected chi connectivity index (χ0v) is 13.0. The third-order valence-corrected chi connectivity index (χ3v) is 4.54. The highest BCUT2D eigenvalue weighted by Gasteiger charge is 2.26. The Kier molecular flexibility index (Phi) is 4.58. The number of amides is 1. The molecule has 0 radical (unpaired) electrons. The molecular weight excluding hydrogens is 306 g/mol. The van der Waals surface area contributed by atoms with Crippen LogP contribution in [0.1, 0.15) is 30.0 Å². The van der Waals surface area contributed by atoms with E-state index >= 15 is 0 Å². The minimum atomic E-state index is -0.321. The summed E-state index contributed by atoms with van der Waals surface area (Å²) < 4.78 is 5.46. The molecule has 1 aliphatic heterocycles. The molecule has 0 aliphatic carbocycles. The van der Waals surface area contributed by atoms with Crippen LogP contribution in [-0.4, -0.2) is 18.6 Å². The SMILES string of the molecule is O=C(NC(c1ccc(Cl)cc1)c1ccsc1)C1CCCO1. The van der Waals surface area contributed by atoms with Crippen molar-refractivity contribution in [3.63, 3.8) is 0 Å². The fourth-order valence-electron chi connectivity index (χ4n) is 2.47. The molecular formula is C16H16ClNO2S. The number of carbonyl (C=O) groups excluding carboxylic acids is 1. The van der Waals surface area contributed by atoms with Gasteiger partial charge in [0.25, 0.3) is 0 Å². The van der Waals surface area contributed by atoms with Gasteiger partial charge in [-0.2, -0.15) is 11.3 Å². The first-order valence-electron chi connectivity index (χ1n) is 6.93. The summed E-state index contributed by atoms with van der Waals surface area (Å²) in [5.74, 6) is -0.0429. The van der Waals surface area contributed by atoms with Crippen molar-refractivity contribution in [1.29, 1.82) is 0 Å². The maximum absolute atomic E-state index is 12.3. The van der Waals surface area contributed by atoms with Gasteiger partial charge in [0.1, 0.15) is 6.10 Å². The van der Waals surface area contributed by atoms with Crippen LogP contribution in [0.15, 0.2) is 41.1 Å². The Bertz CT molecular complexity index is 591. The molecule has 110 valence electrons. The molecule has 1 aliphatic rings. The standard InChI is InChI=1S/C16H16ClNO2S/c17-13-5-3-11(4-6-13)15(12-7-9-21-10-12)18-16(19)14-2-1-8-20-14/h3-7,9-10,14-15H,1-2,8H2,(H,18,19). The zero-order valence-electron chi connectivity index (χ0n) is 11.4. The highest BCUT2D eigenvalue weighted by atomic mass is 35.5. The first kappa shape index (κ1) is 14.6. The van der Waals surface area contributed by atoms with Gasteiger partial charge in [-0.05, 0) is 52.9 Å². The van der Waals surface area contributed by atoms with Gasteiger partial charge in [-0.1, -0.05) is 23.7 Å². The second-order valence-electron chi connectivity index (χ2n) is 5.05. The second-order valence-corrected chi connectivity index (χ2v) is 6.27. The van der Waals surface area contributed by atoms with Crippen LogP contribution >= 0.6 is 22.9 Å². The predicted molar refractivity (Wildman–Crippen MR) is 84.7 cm³/mol. The van der Waals surface area contributed by atoms with Crippen molar-refractivity contribution < 1.29 is 9.53 Å². The van der Waals surface area contributed by atoms with Gasteiger partial charge in [0, 0.05) is 11.6 Å². The summed E-state index contributed by atoms with van der Waals surface area (Å²) in [6, 6.07) is 9.44. The van der Waals surface area contributed by atoms with Crippen LogP contribution in [0.25, 0.3) is 0 Å². The quantitative estimate of drug-likeness (QED) is 0.930. The number of thiophene rings is 1. The Labute approximate surface area is 132 Å². The largest absolute Gasteiger partial charge is 0.368 e. The molecule has 0 bridgehead atoms. The summed E-state index contributed by atoms with van der Waals surface area (Å²) in [7, 11) is 0. The average Bonchev–Trinajstić information content (AvgIpc) is 3.19. The molecule has 1 fully saturated rings. The maximum atomic E-state index is 12.3. The summed E-state index contributed by atoms with van der Waals surface area (Å²) in [4.78, 5) is 12.3. The Balaban J connectivity index is 1.82. The number of benzene rings is 1. The topological polar surface area (TPSA) is 38.3 Å². The van der Waals surface area contributed by atoms with Crippen molar-refractivity contribution >= 4 is 28.8 Å². The van der Waals surface area contributed by atoms with Gasteiger partial charge in [0.2, 0.25) is 5.91 Å². The van der Waals surface area contributed by atoms with Crippen molar-refractivity contribution in [2.75, 3.05) is 6.61 Å². The normalized spacial score (nSPS) is 19.4. The van der Waals surface area contributed by atoms with Gasteiger partial charge < -0.3 is 10.1 Å². The van der Waals surface area contributed by atoms with Crippen LogP contribution < -0.4 is 5.32 Å². The van der Waals surface area contributed by atoms with E-state index in [2.05, 4.69) is 10.7 Å². The van der Waals surface area contributed by atoms with Crippen LogP contribution in [-0.2, 0) is 9.53 Å². The lowest BCUT2D eigenvalue weighted by Crippen LogP contribution is -2.37. The molecule has 21 heavy (non-hydrogen) atoms. The Hall–Kier alpha value is -1.36. The lowest BCUT2D eigenvalue weighted by Gasteiger charge is -2.20. The zero-order chi connectivity index (χ0) is 14.7. The van der Waals surface area contributed by atoms with Gasteiger partial charge in [0.15, 0.2) is 0 Å². The molecule has 1 amide bonds. The first-order valence-corrected chi connectivity index (χ1v) is 8.25. The van der Waals surface area contributed by atoms with E-state index in [9.17, 15) is 4.79 Å². The molecule has 2 heterocycles. The van der Waals surface area contributed by atoms with Crippen molar-refractivity contribution in [2.45, 2.75) is 25.0 Å². The van der Waals surface area contributed by atoms with Crippen LogP contribution in [0, 0.1) is 0 Å². The number of hydrogen-bond donors (Lipinski definition) is 1. The Morgan fingerprint density at radius 3 is 2.71 bits per heavy atom. The van der Waals surface area contributed by atoms with E-state index in [1.165, 1.54) is 0 Å². The lowest BCUT2D eigenvalue weighted by atomic mass is 10.0. The molecule has 2 atom stereocenters. The minimum absolute atomic E-state index is 0.0429. The van der Waals surface area contributed by atoms with E-state index in [0.717, 1.165) is 24.0 Å². The van der Waals surface area contributed by atoms with E-state index in [1.807, 2.05) is 35.7 Å². The van der Waals surface area contributed by atoms with E-state index in [4.69, 9.17) is 16.3 Å². The first-order chi connectivity index (χ1) is 10.2. The smallest absolute Gasteiger partial charge is 0.249 e. The fourth-order valence-corrected chi connectivity index (χ4v) is 3.29. The number of hydrogen-bond acceptors (Lipinski definition) is 3. The second kappa shape index (κ2) is 6.60. The fraction of sp³-hybridized carbons (Fsp3) is 0.312. The Morgan fingerprint density at radius 1 is 1.29 bits per heavy atom. The number of halogens is 1. The number of ether oxygens (including phenoxy) is 1. The number of carbonyl (C=O) groups is 1. The molecule has 1 aromatic carbocycles. The van der Waals surface area contributed by atoms with E-state index in [1.54, 1.807) is 11.3 Å². The van der Waals surface area contributed by atoms with E-state index in [-0.39, 0.29) is 18.1 Å². The van der Waals surface area contributed by atoms with Crippen molar-refractivity contribution in [1.82, 2.24) is 5.32 Å². The van der Waals surface area contributed by atoms with Crippen molar-refractivity contribution in [2.24, 2.45) is 0 Å². The van der Waals surface area contributed by atoms with Crippen LogP contribution in [0.4, 0.5) is 0 Å².